The summed E-state index contributed by atoms with van der Waals surface area (Å²) < 4.78 is 11.7. The Labute approximate surface area is 161 Å². The number of hydrogen-bond acceptors (Lipinski definition) is 3. The highest BCUT2D eigenvalue weighted by atomic mass is 35.5. The zero-order valence-electron chi connectivity index (χ0n) is 15.7. The van der Waals surface area contributed by atoms with E-state index in [2.05, 4.69) is 0 Å². The molecule has 26 heavy (non-hydrogen) atoms. The van der Waals surface area contributed by atoms with E-state index in [9.17, 15) is 4.79 Å². The molecule has 2 saturated heterocycles. The van der Waals surface area contributed by atoms with E-state index in [4.69, 9.17) is 21.1 Å². The summed E-state index contributed by atoms with van der Waals surface area (Å²) in [5.74, 6) is 0.790. The summed E-state index contributed by atoms with van der Waals surface area (Å²) in [6, 6.07) is 7.76. The molecular weight excluding hydrogens is 350 g/mol. The van der Waals surface area contributed by atoms with E-state index in [0.717, 1.165) is 69.2 Å². The molecule has 0 saturated carbocycles. The number of likely N-dealkylation sites (tertiary alicyclic amines) is 1. The molecule has 1 aromatic rings. The Morgan fingerprint density at radius 2 is 2.12 bits per heavy atom. The van der Waals surface area contributed by atoms with Crippen molar-refractivity contribution >= 4 is 17.5 Å². The van der Waals surface area contributed by atoms with Crippen molar-refractivity contribution < 1.29 is 14.3 Å². The van der Waals surface area contributed by atoms with E-state index in [1.54, 1.807) is 0 Å². The molecule has 4 nitrogen and oxygen atoms in total. The predicted octanol–water partition coefficient (Wildman–Crippen LogP) is 4.10. The highest BCUT2D eigenvalue weighted by molar-refractivity contribution is 6.31. The maximum absolute atomic E-state index is 12.6. The van der Waals surface area contributed by atoms with Gasteiger partial charge >= 0.3 is 0 Å². The maximum Gasteiger partial charge on any atom is 0.222 e. The summed E-state index contributed by atoms with van der Waals surface area (Å²) in [6.07, 6.45) is 5.30. The fourth-order valence-electron chi connectivity index (χ4n) is 4.35. The van der Waals surface area contributed by atoms with Crippen LogP contribution in [0.2, 0.25) is 5.02 Å². The van der Waals surface area contributed by atoms with Crippen molar-refractivity contribution in [3.05, 3.63) is 34.9 Å². The van der Waals surface area contributed by atoms with Crippen LogP contribution in [0.25, 0.3) is 0 Å². The van der Waals surface area contributed by atoms with E-state index in [0.29, 0.717) is 18.8 Å². The molecule has 144 valence electrons. The third kappa shape index (κ3) is 4.59. The van der Waals surface area contributed by atoms with E-state index >= 15 is 0 Å². The lowest BCUT2D eigenvalue weighted by Crippen LogP contribution is -2.49. The summed E-state index contributed by atoms with van der Waals surface area (Å²) in [6.45, 7) is 6.06. The van der Waals surface area contributed by atoms with Crippen LogP contribution in [0, 0.1) is 5.92 Å². The lowest BCUT2D eigenvalue weighted by atomic mass is 9.78. The van der Waals surface area contributed by atoms with Crippen LogP contribution in [0.4, 0.5) is 0 Å². The third-order valence-electron chi connectivity index (χ3n) is 5.94. The number of aryl methyl sites for hydroxylation is 1. The molecule has 0 aliphatic carbocycles. The largest absolute Gasteiger partial charge is 0.382 e. The first-order valence-electron chi connectivity index (χ1n) is 9.87. The molecule has 2 aliphatic heterocycles. The highest BCUT2D eigenvalue weighted by Gasteiger charge is 2.46. The first-order valence-corrected chi connectivity index (χ1v) is 10.3. The predicted molar refractivity (Wildman–Crippen MR) is 103 cm³/mol. The Balaban J connectivity index is 1.48. The highest BCUT2D eigenvalue weighted by Crippen LogP contribution is 2.42. The number of rotatable bonds is 7. The number of piperidine rings is 1. The number of amides is 1. The molecule has 1 spiro atoms. The first kappa shape index (κ1) is 19.7. The van der Waals surface area contributed by atoms with Gasteiger partial charge in [-0.05, 0) is 56.6 Å². The van der Waals surface area contributed by atoms with Gasteiger partial charge in [0.25, 0.3) is 0 Å². The van der Waals surface area contributed by atoms with Crippen molar-refractivity contribution in [2.45, 2.75) is 51.0 Å². The molecule has 0 N–H and O–H groups in total. The van der Waals surface area contributed by atoms with E-state index < -0.39 is 0 Å². The second kappa shape index (κ2) is 9.20. The van der Waals surface area contributed by atoms with Gasteiger partial charge in [0.15, 0.2) is 0 Å². The molecule has 5 heteroatoms. The molecule has 1 aromatic carbocycles. The molecule has 2 fully saturated rings. The molecular formula is C21H30ClNO3. The summed E-state index contributed by atoms with van der Waals surface area (Å²) in [5, 5.41) is 0.745. The number of ether oxygens (including phenoxy) is 2. The van der Waals surface area contributed by atoms with Gasteiger partial charge in [-0.1, -0.05) is 29.8 Å². The lowest BCUT2D eigenvalue weighted by molar-refractivity contribution is -0.137. The average Bonchev–Trinajstić information content (AvgIpc) is 3.04. The zero-order valence-corrected chi connectivity index (χ0v) is 16.5. The third-order valence-corrected chi connectivity index (χ3v) is 6.31. The van der Waals surface area contributed by atoms with Crippen LogP contribution in [-0.2, 0) is 20.7 Å². The Morgan fingerprint density at radius 3 is 2.85 bits per heavy atom. The van der Waals surface area contributed by atoms with Crippen molar-refractivity contribution in [2.24, 2.45) is 5.92 Å². The molecule has 2 aliphatic rings. The molecule has 1 amide bonds. The lowest BCUT2D eigenvalue weighted by Gasteiger charge is -2.42. The number of hydrogen-bond donors (Lipinski definition) is 0. The minimum Gasteiger partial charge on any atom is -0.382 e. The smallest absolute Gasteiger partial charge is 0.222 e. The number of carbonyl (C=O) groups is 1. The van der Waals surface area contributed by atoms with Crippen LogP contribution in [0.1, 0.15) is 44.6 Å². The fourth-order valence-corrected chi connectivity index (χ4v) is 4.58. The van der Waals surface area contributed by atoms with Crippen LogP contribution in [0.15, 0.2) is 24.3 Å². The van der Waals surface area contributed by atoms with Gasteiger partial charge in [0.1, 0.15) is 0 Å². The van der Waals surface area contributed by atoms with Crippen LogP contribution < -0.4 is 0 Å². The van der Waals surface area contributed by atoms with Crippen LogP contribution in [0.5, 0.6) is 0 Å². The molecule has 0 unspecified atom stereocenters. The number of halogens is 1. The second-order valence-corrected chi connectivity index (χ2v) is 7.76. The minimum atomic E-state index is -0.0311. The van der Waals surface area contributed by atoms with E-state index in [-0.39, 0.29) is 11.5 Å². The van der Waals surface area contributed by atoms with Gasteiger partial charge in [0.05, 0.1) is 5.60 Å². The standard InChI is InChI=1S/C21H30ClNO3/c1-2-25-15-9-18-10-16-26-21(18)11-13-23(14-12-21)20(24)8-7-17-5-3-4-6-19(17)22/h3-6,18H,2,7-16H2,1H3/t18-/m0/s1. The first-order chi connectivity index (χ1) is 12.6. The SMILES string of the molecule is CCOCC[C@H]1CCOC12CCN(C(=O)CCc1ccccc1Cl)CC2. The summed E-state index contributed by atoms with van der Waals surface area (Å²) in [7, 11) is 0. The number of carbonyl (C=O) groups excluding carboxylic acids is 1. The van der Waals surface area contributed by atoms with Gasteiger partial charge in [-0.2, -0.15) is 0 Å². The molecule has 0 radical (unpaired) electrons. The van der Waals surface area contributed by atoms with Crippen molar-refractivity contribution in [1.29, 1.82) is 0 Å². The Hall–Kier alpha value is -1.10. The van der Waals surface area contributed by atoms with Crippen LogP contribution in [-0.4, -0.2) is 49.3 Å². The quantitative estimate of drug-likeness (QED) is 0.669. The number of benzene rings is 1. The van der Waals surface area contributed by atoms with Crippen LogP contribution >= 0.6 is 11.6 Å². The zero-order chi connectivity index (χ0) is 18.4. The van der Waals surface area contributed by atoms with Gasteiger partial charge < -0.3 is 14.4 Å². The molecule has 3 rings (SSSR count). The number of nitrogens with zero attached hydrogens (tertiary/aromatic N) is 1. The van der Waals surface area contributed by atoms with Gasteiger partial charge in [0, 0.05) is 44.4 Å². The van der Waals surface area contributed by atoms with E-state index in [1.807, 2.05) is 36.1 Å². The molecule has 0 bridgehead atoms. The average molecular weight is 380 g/mol. The topological polar surface area (TPSA) is 38.8 Å². The maximum atomic E-state index is 12.6. The van der Waals surface area contributed by atoms with E-state index in [1.165, 1.54) is 0 Å². The normalized spacial score (nSPS) is 22.1. The molecule has 0 aromatic heterocycles. The van der Waals surface area contributed by atoms with Crippen molar-refractivity contribution in [2.75, 3.05) is 32.9 Å². The minimum absolute atomic E-state index is 0.0311. The van der Waals surface area contributed by atoms with Crippen LogP contribution in [0.3, 0.4) is 0 Å². The van der Waals surface area contributed by atoms with Crippen molar-refractivity contribution in [3.8, 4) is 0 Å². The van der Waals surface area contributed by atoms with Gasteiger partial charge in [-0.15, -0.1) is 0 Å². The summed E-state index contributed by atoms with van der Waals surface area (Å²) in [4.78, 5) is 14.6. The fraction of sp³-hybridized carbons (Fsp3) is 0.667. The summed E-state index contributed by atoms with van der Waals surface area (Å²) >= 11 is 6.19. The molecule has 1 atom stereocenters. The summed E-state index contributed by atoms with van der Waals surface area (Å²) in [5.41, 5.74) is 1.02. The van der Waals surface area contributed by atoms with Gasteiger partial charge in [-0.25, -0.2) is 0 Å². The van der Waals surface area contributed by atoms with Crippen molar-refractivity contribution in [3.63, 3.8) is 0 Å². The van der Waals surface area contributed by atoms with Gasteiger partial charge in [0.2, 0.25) is 5.91 Å². The molecule has 2 heterocycles. The second-order valence-electron chi connectivity index (χ2n) is 7.36. The monoisotopic (exact) mass is 379 g/mol. The van der Waals surface area contributed by atoms with Gasteiger partial charge in [-0.3, -0.25) is 4.79 Å². The Kier molecular flexibility index (Phi) is 6.96. The Bertz CT molecular complexity index is 599. The Morgan fingerprint density at radius 1 is 1.35 bits per heavy atom. The van der Waals surface area contributed by atoms with Crippen molar-refractivity contribution in [1.82, 2.24) is 4.90 Å².